The molecule has 0 saturated heterocycles. The molecule has 0 radical (unpaired) electrons. The molecule has 0 spiro atoms. The van der Waals surface area contributed by atoms with Gasteiger partial charge >= 0.3 is 0 Å². The van der Waals surface area contributed by atoms with Crippen LogP contribution in [0.2, 0.25) is 0 Å². The maximum Gasteiger partial charge on any atom is 0.250 e. The fourth-order valence-electron chi connectivity index (χ4n) is 4.66. The molecule has 2 aliphatic carbocycles. The molecule has 5 heteroatoms. The standard InChI is InChI=1S/C24H31N3O2/c1-16-2-4-17(5-3-16)12-13-26-22-10-6-18-14-20(8-9-21(18)22)29-23-11-7-19(15-27-23)24(25)28/h7-9,11,14-17,22,26H,2-6,10,12-13H2,1H3,(H2,25,28). The molecule has 1 amide bonds. The van der Waals surface area contributed by atoms with Gasteiger partial charge in [0.2, 0.25) is 11.8 Å². The van der Waals surface area contributed by atoms with Crippen LogP contribution < -0.4 is 15.8 Å². The number of amides is 1. The van der Waals surface area contributed by atoms with E-state index in [1.807, 2.05) is 6.07 Å². The number of nitrogens with one attached hydrogen (secondary N) is 1. The van der Waals surface area contributed by atoms with E-state index in [4.69, 9.17) is 10.5 Å². The number of carbonyl (C=O) groups excluding carboxylic acids is 1. The number of fused-ring (bicyclic) bond motifs is 1. The van der Waals surface area contributed by atoms with Crippen molar-refractivity contribution >= 4 is 5.91 Å². The van der Waals surface area contributed by atoms with Crippen LogP contribution in [0.4, 0.5) is 0 Å². The van der Waals surface area contributed by atoms with Gasteiger partial charge in [0.25, 0.3) is 0 Å². The zero-order valence-electron chi connectivity index (χ0n) is 17.2. The minimum absolute atomic E-state index is 0.378. The van der Waals surface area contributed by atoms with Crippen LogP contribution in [-0.2, 0) is 6.42 Å². The summed E-state index contributed by atoms with van der Waals surface area (Å²) in [6.45, 7) is 3.49. The van der Waals surface area contributed by atoms with Crippen LogP contribution in [0.15, 0.2) is 36.5 Å². The molecule has 1 saturated carbocycles. The third-order valence-corrected chi connectivity index (χ3v) is 6.51. The maximum atomic E-state index is 11.1. The van der Waals surface area contributed by atoms with E-state index in [-0.39, 0.29) is 0 Å². The summed E-state index contributed by atoms with van der Waals surface area (Å²) in [7, 11) is 0. The van der Waals surface area contributed by atoms with Crippen LogP contribution in [0, 0.1) is 11.8 Å². The van der Waals surface area contributed by atoms with Gasteiger partial charge in [-0.05, 0) is 67.0 Å². The Bertz CT molecular complexity index is 842. The Kier molecular flexibility index (Phi) is 6.14. The molecular formula is C24H31N3O2. The lowest BCUT2D eigenvalue weighted by molar-refractivity contribution is 0.1000. The summed E-state index contributed by atoms with van der Waals surface area (Å²) >= 11 is 0. The smallest absolute Gasteiger partial charge is 0.250 e. The lowest BCUT2D eigenvalue weighted by atomic mass is 9.81. The van der Waals surface area contributed by atoms with Gasteiger partial charge in [-0.25, -0.2) is 4.98 Å². The van der Waals surface area contributed by atoms with Crippen molar-refractivity contribution < 1.29 is 9.53 Å². The van der Waals surface area contributed by atoms with Gasteiger partial charge in [-0.3, -0.25) is 4.79 Å². The van der Waals surface area contributed by atoms with Gasteiger partial charge < -0.3 is 15.8 Å². The number of nitrogens with two attached hydrogens (primary N) is 1. The van der Waals surface area contributed by atoms with E-state index in [2.05, 4.69) is 29.4 Å². The van der Waals surface area contributed by atoms with E-state index >= 15 is 0 Å². The Balaban J connectivity index is 1.31. The molecule has 2 aromatic rings. The first-order valence-corrected chi connectivity index (χ1v) is 10.9. The molecule has 29 heavy (non-hydrogen) atoms. The molecule has 2 aliphatic rings. The number of carbonyl (C=O) groups is 1. The van der Waals surface area contributed by atoms with Crippen LogP contribution >= 0.6 is 0 Å². The average Bonchev–Trinajstić information content (AvgIpc) is 3.12. The summed E-state index contributed by atoms with van der Waals surface area (Å²) in [4.78, 5) is 15.3. The quantitative estimate of drug-likeness (QED) is 0.710. The Morgan fingerprint density at radius 2 is 2.00 bits per heavy atom. The van der Waals surface area contributed by atoms with Crippen molar-refractivity contribution in [3.05, 3.63) is 53.2 Å². The normalized spacial score (nSPS) is 23.6. The number of hydrogen-bond acceptors (Lipinski definition) is 4. The number of benzene rings is 1. The number of rotatable bonds is 7. The van der Waals surface area contributed by atoms with Gasteiger partial charge in [0.15, 0.2) is 0 Å². The molecule has 0 aliphatic heterocycles. The van der Waals surface area contributed by atoms with E-state index in [1.165, 1.54) is 49.4 Å². The van der Waals surface area contributed by atoms with E-state index in [0.717, 1.165) is 37.0 Å². The zero-order valence-corrected chi connectivity index (χ0v) is 17.2. The molecule has 1 heterocycles. The fraction of sp³-hybridized carbons (Fsp3) is 0.500. The molecule has 1 fully saturated rings. The summed E-state index contributed by atoms with van der Waals surface area (Å²) < 4.78 is 5.86. The average molecular weight is 394 g/mol. The zero-order chi connectivity index (χ0) is 20.2. The Morgan fingerprint density at radius 1 is 1.17 bits per heavy atom. The van der Waals surface area contributed by atoms with Crippen LogP contribution in [-0.4, -0.2) is 17.4 Å². The summed E-state index contributed by atoms with van der Waals surface area (Å²) in [5, 5.41) is 3.79. The Hall–Kier alpha value is -2.40. The fourth-order valence-corrected chi connectivity index (χ4v) is 4.66. The topological polar surface area (TPSA) is 77.2 Å². The SMILES string of the molecule is CC1CCC(CCNC2CCc3cc(Oc4ccc(C(N)=O)cn4)ccc32)CC1. The molecule has 1 aromatic carbocycles. The Labute approximate surface area is 173 Å². The van der Waals surface area contributed by atoms with Crippen molar-refractivity contribution in [3.63, 3.8) is 0 Å². The number of ether oxygens (including phenoxy) is 1. The number of aryl methyl sites for hydroxylation is 1. The minimum atomic E-state index is -0.488. The molecule has 0 bridgehead atoms. The molecular weight excluding hydrogens is 362 g/mol. The van der Waals surface area contributed by atoms with Gasteiger partial charge in [-0.2, -0.15) is 0 Å². The minimum Gasteiger partial charge on any atom is -0.439 e. The first kappa shape index (κ1) is 19.9. The van der Waals surface area contributed by atoms with Gasteiger partial charge in [0.1, 0.15) is 5.75 Å². The molecule has 1 aromatic heterocycles. The van der Waals surface area contributed by atoms with Crippen LogP contribution in [0.5, 0.6) is 11.6 Å². The second-order valence-corrected chi connectivity index (χ2v) is 8.67. The second kappa shape index (κ2) is 8.95. The van der Waals surface area contributed by atoms with Crippen molar-refractivity contribution in [1.29, 1.82) is 0 Å². The molecule has 154 valence electrons. The van der Waals surface area contributed by atoms with Crippen molar-refractivity contribution in [3.8, 4) is 11.6 Å². The summed E-state index contributed by atoms with van der Waals surface area (Å²) in [5.41, 5.74) is 8.37. The monoisotopic (exact) mass is 393 g/mol. The molecule has 4 rings (SSSR count). The number of pyridine rings is 1. The molecule has 1 unspecified atom stereocenters. The first-order chi connectivity index (χ1) is 14.1. The molecule has 3 N–H and O–H groups in total. The van der Waals surface area contributed by atoms with Gasteiger partial charge in [0, 0.05) is 18.3 Å². The highest BCUT2D eigenvalue weighted by atomic mass is 16.5. The largest absolute Gasteiger partial charge is 0.439 e. The lowest BCUT2D eigenvalue weighted by Gasteiger charge is -2.26. The van der Waals surface area contributed by atoms with Crippen molar-refractivity contribution in [2.75, 3.05) is 6.54 Å². The van der Waals surface area contributed by atoms with Crippen LogP contribution in [0.25, 0.3) is 0 Å². The van der Waals surface area contributed by atoms with Crippen molar-refractivity contribution in [2.24, 2.45) is 17.6 Å². The van der Waals surface area contributed by atoms with Crippen molar-refractivity contribution in [2.45, 2.75) is 57.9 Å². The lowest BCUT2D eigenvalue weighted by Crippen LogP contribution is -2.23. The van der Waals surface area contributed by atoms with Gasteiger partial charge in [-0.15, -0.1) is 0 Å². The third-order valence-electron chi connectivity index (χ3n) is 6.51. The number of primary amides is 1. The number of nitrogens with zero attached hydrogens (tertiary/aromatic N) is 1. The highest BCUT2D eigenvalue weighted by Gasteiger charge is 2.23. The van der Waals surface area contributed by atoms with E-state index < -0.39 is 5.91 Å². The highest BCUT2D eigenvalue weighted by Crippen LogP contribution is 2.35. The van der Waals surface area contributed by atoms with Crippen LogP contribution in [0.3, 0.4) is 0 Å². The Morgan fingerprint density at radius 3 is 2.72 bits per heavy atom. The maximum absolute atomic E-state index is 11.1. The van der Waals surface area contributed by atoms with E-state index in [1.54, 1.807) is 12.1 Å². The van der Waals surface area contributed by atoms with E-state index in [0.29, 0.717) is 17.5 Å². The van der Waals surface area contributed by atoms with Crippen molar-refractivity contribution in [1.82, 2.24) is 10.3 Å². The molecule has 1 atom stereocenters. The summed E-state index contributed by atoms with van der Waals surface area (Å²) in [6.07, 6.45) is 10.6. The predicted octanol–water partition coefficient (Wildman–Crippen LogP) is 4.77. The first-order valence-electron chi connectivity index (χ1n) is 10.9. The number of hydrogen-bond donors (Lipinski definition) is 2. The predicted molar refractivity (Wildman–Crippen MR) is 114 cm³/mol. The van der Waals surface area contributed by atoms with Crippen LogP contribution in [0.1, 0.15) is 73.0 Å². The molecule has 5 nitrogen and oxygen atoms in total. The third kappa shape index (κ3) is 4.96. The number of aromatic nitrogens is 1. The van der Waals surface area contributed by atoms with Gasteiger partial charge in [0.05, 0.1) is 5.56 Å². The van der Waals surface area contributed by atoms with Gasteiger partial charge in [-0.1, -0.05) is 38.7 Å². The second-order valence-electron chi connectivity index (χ2n) is 8.67. The summed E-state index contributed by atoms with van der Waals surface area (Å²) in [5.74, 6) is 2.58. The van der Waals surface area contributed by atoms with E-state index in [9.17, 15) is 4.79 Å². The highest BCUT2D eigenvalue weighted by molar-refractivity contribution is 5.92. The summed E-state index contributed by atoms with van der Waals surface area (Å²) in [6, 6.07) is 10.0.